The zero-order chi connectivity index (χ0) is 14.7. The van der Waals surface area contributed by atoms with Gasteiger partial charge in [0, 0.05) is 42.3 Å². The summed E-state index contributed by atoms with van der Waals surface area (Å²) in [6.07, 6.45) is 1.10. The molecule has 0 saturated carbocycles. The fourth-order valence-corrected chi connectivity index (χ4v) is 3.27. The van der Waals surface area contributed by atoms with E-state index in [1.54, 1.807) is 0 Å². The molecule has 0 radical (unpaired) electrons. The van der Waals surface area contributed by atoms with Gasteiger partial charge in [-0.3, -0.25) is 4.90 Å². The molecule has 5 heteroatoms. The molecule has 1 aliphatic rings. The first-order valence-corrected chi connectivity index (χ1v) is 7.95. The highest BCUT2D eigenvalue weighted by Crippen LogP contribution is 2.27. The normalized spacial score (nSPS) is 22.9. The summed E-state index contributed by atoms with van der Waals surface area (Å²) in [4.78, 5) is 4.70. The van der Waals surface area contributed by atoms with Crippen LogP contribution in [0.2, 0.25) is 0 Å². The van der Waals surface area contributed by atoms with Crippen molar-refractivity contribution in [1.29, 1.82) is 0 Å². The molecule has 2 N–H and O–H groups in total. The maximum atomic E-state index is 14.2. The zero-order valence-corrected chi connectivity index (χ0v) is 13.7. The van der Waals surface area contributed by atoms with Gasteiger partial charge >= 0.3 is 0 Å². The third-order valence-corrected chi connectivity index (χ3v) is 4.76. The Bertz CT molecular complexity index is 455. The fraction of sp³-hybridized carbons (Fsp3) is 0.600. The van der Waals surface area contributed by atoms with Crippen molar-refractivity contribution in [3.05, 3.63) is 34.1 Å². The lowest BCUT2D eigenvalue weighted by Gasteiger charge is -2.42. The molecule has 1 aromatic carbocycles. The summed E-state index contributed by atoms with van der Waals surface area (Å²) in [5.41, 5.74) is 6.63. The maximum absolute atomic E-state index is 14.2. The molecule has 2 atom stereocenters. The lowest BCUT2D eigenvalue weighted by atomic mass is 10.0. The standard InChI is InChI=1S/C15H23BrFN3/c1-3-12-10-20(7-6-19(12)2)15(9-18)13-5-4-11(16)8-14(13)17/h4-5,8,12,15H,3,6-7,9-10,18H2,1-2H3. The SMILES string of the molecule is CCC1CN(C(CN)c2ccc(Br)cc2F)CCN1C. The van der Waals surface area contributed by atoms with Crippen molar-refractivity contribution in [3.63, 3.8) is 0 Å². The van der Waals surface area contributed by atoms with Gasteiger partial charge < -0.3 is 10.6 Å². The largest absolute Gasteiger partial charge is 0.329 e. The van der Waals surface area contributed by atoms with Gasteiger partial charge in [-0.2, -0.15) is 0 Å². The highest BCUT2D eigenvalue weighted by atomic mass is 79.9. The molecule has 1 saturated heterocycles. The number of halogens is 2. The Balaban J connectivity index is 2.19. The molecule has 0 bridgehead atoms. The number of rotatable bonds is 4. The van der Waals surface area contributed by atoms with Crippen molar-refractivity contribution in [2.45, 2.75) is 25.4 Å². The van der Waals surface area contributed by atoms with Crippen LogP contribution in [0.15, 0.2) is 22.7 Å². The van der Waals surface area contributed by atoms with Crippen LogP contribution in [0.5, 0.6) is 0 Å². The first kappa shape index (κ1) is 15.9. The Morgan fingerprint density at radius 1 is 1.45 bits per heavy atom. The molecule has 0 amide bonds. The van der Waals surface area contributed by atoms with Crippen molar-refractivity contribution in [2.75, 3.05) is 33.2 Å². The zero-order valence-electron chi connectivity index (χ0n) is 12.1. The molecule has 3 nitrogen and oxygen atoms in total. The Morgan fingerprint density at radius 3 is 2.80 bits per heavy atom. The first-order valence-electron chi connectivity index (χ1n) is 7.16. The predicted molar refractivity (Wildman–Crippen MR) is 84.2 cm³/mol. The van der Waals surface area contributed by atoms with E-state index >= 15 is 0 Å². The van der Waals surface area contributed by atoms with Gasteiger partial charge in [0.1, 0.15) is 5.82 Å². The fourth-order valence-electron chi connectivity index (χ4n) is 2.94. The van der Waals surface area contributed by atoms with Crippen LogP contribution in [0.4, 0.5) is 4.39 Å². The Labute approximate surface area is 129 Å². The van der Waals surface area contributed by atoms with Gasteiger partial charge in [0.2, 0.25) is 0 Å². The van der Waals surface area contributed by atoms with Gasteiger partial charge in [0.15, 0.2) is 0 Å². The quantitative estimate of drug-likeness (QED) is 0.911. The summed E-state index contributed by atoms with van der Waals surface area (Å²) in [5.74, 6) is -0.179. The number of benzene rings is 1. The van der Waals surface area contributed by atoms with Crippen molar-refractivity contribution >= 4 is 15.9 Å². The summed E-state index contributed by atoms with van der Waals surface area (Å²) < 4.78 is 14.9. The molecular weight excluding hydrogens is 321 g/mol. The lowest BCUT2D eigenvalue weighted by molar-refractivity contribution is 0.0633. The number of hydrogen-bond acceptors (Lipinski definition) is 3. The molecule has 2 unspecified atom stereocenters. The molecule has 0 aromatic heterocycles. The summed E-state index contributed by atoms with van der Waals surface area (Å²) in [6.45, 7) is 5.53. The first-order chi connectivity index (χ1) is 9.56. The second-order valence-corrected chi connectivity index (χ2v) is 6.37. The number of nitrogens with zero attached hydrogens (tertiary/aromatic N) is 2. The Kier molecular flexibility index (Phi) is 5.55. The minimum absolute atomic E-state index is 0.0363. The third-order valence-electron chi connectivity index (χ3n) is 4.27. The Morgan fingerprint density at radius 2 is 2.20 bits per heavy atom. The number of nitrogens with two attached hydrogens (primary N) is 1. The molecule has 112 valence electrons. The number of piperazine rings is 1. The van der Waals surface area contributed by atoms with Crippen molar-refractivity contribution in [1.82, 2.24) is 9.80 Å². The van der Waals surface area contributed by atoms with Crippen molar-refractivity contribution in [2.24, 2.45) is 5.73 Å². The third kappa shape index (κ3) is 3.39. The molecule has 2 rings (SSSR count). The van der Waals surface area contributed by atoms with E-state index in [-0.39, 0.29) is 11.9 Å². The molecule has 1 fully saturated rings. The summed E-state index contributed by atoms with van der Waals surface area (Å²) in [6, 6.07) is 5.73. The second kappa shape index (κ2) is 6.98. The van der Waals surface area contributed by atoms with Crippen LogP contribution in [0.25, 0.3) is 0 Å². The van der Waals surface area contributed by atoms with Crippen LogP contribution >= 0.6 is 15.9 Å². The van der Waals surface area contributed by atoms with Gasteiger partial charge in [-0.25, -0.2) is 4.39 Å². The van der Waals surface area contributed by atoms with E-state index in [1.807, 2.05) is 12.1 Å². The Hall–Kier alpha value is -0.490. The average molecular weight is 344 g/mol. The lowest BCUT2D eigenvalue weighted by Crippen LogP contribution is -2.53. The second-order valence-electron chi connectivity index (χ2n) is 5.45. The predicted octanol–water partition coefficient (Wildman–Crippen LogP) is 2.61. The maximum Gasteiger partial charge on any atom is 0.129 e. The van der Waals surface area contributed by atoms with Gasteiger partial charge in [-0.1, -0.05) is 28.9 Å². The van der Waals surface area contributed by atoms with E-state index in [0.29, 0.717) is 18.2 Å². The molecule has 1 aromatic rings. The molecule has 1 aliphatic heterocycles. The van der Waals surface area contributed by atoms with Crippen LogP contribution in [0, 0.1) is 5.82 Å². The molecule has 1 heterocycles. The van der Waals surface area contributed by atoms with Crippen LogP contribution in [0.1, 0.15) is 24.9 Å². The smallest absolute Gasteiger partial charge is 0.129 e. The summed E-state index contributed by atoms with van der Waals surface area (Å²) in [5, 5.41) is 0. The van der Waals surface area contributed by atoms with Gasteiger partial charge in [0.25, 0.3) is 0 Å². The van der Waals surface area contributed by atoms with E-state index in [9.17, 15) is 4.39 Å². The summed E-state index contributed by atoms with van der Waals surface area (Å²) >= 11 is 3.30. The van der Waals surface area contributed by atoms with Gasteiger partial charge in [-0.05, 0) is 25.6 Å². The van der Waals surface area contributed by atoms with Crippen LogP contribution in [-0.2, 0) is 0 Å². The molecule has 0 spiro atoms. The average Bonchev–Trinajstić information content (AvgIpc) is 2.43. The van der Waals surface area contributed by atoms with Crippen molar-refractivity contribution < 1.29 is 4.39 Å². The van der Waals surface area contributed by atoms with Gasteiger partial charge in [0.05, 0.1) is 6.04 Å². The highest BCUT2D eigenvalue weighted by molar-refractivity contribution is 9.10. The van der Waals surface area contributed by atoms with Gasteiger partial charge in [-0.15, -0.1) is 0 Å². The van der Waals surface area contributed by atoms with E-state index in [2.05, 4.69) is 39.7 Å². The molecule has 20 heavy (non-hydrogen) atoms. The molecule has 0 aliphatic carbocycles. The monoisotopic (exact) mass is 343 g/mol. The minimum atomic E-state index is -0.179. The van der Waals surface area contributed by atoms with E-state index in [1.165, 1.54) is 6.07 Å². The minimum Gasteiger partial charge on any atom is -0.329 e. The molecular formula is C15H23BrFN3. The van der Waals surface area contributed by atoms with E-state index < -0.39 is 0 Å². The van der Waals surface area contributed by atoms with E-state index in [0.717, 1.165) is 30.5 Å². The summed E-state index contributed by atoms with van der Waals surface area (Å²) in [7, 11) is 2.16. The number of likely N-dealkylation sites (N-methyl/N-ethyl adjacent to an activating group) is 1. The topological polar surface area (TPSA) is 32.5 Å². The van der Waals surface area contributed by atoms with E-state index in [4.69, 9.17) is 5.73 Å². The van der Waals surface area contributed by atoms with Crippen molar-refractivity contribution in [3.8, 4) is 0 Å². The van der Waals surface area contributed by atoms with Crippen LogP contribution in [0.3, 0.4) is 0 Å². The highest BCUT2D eigenvalue weighted by Gasteiger charge is 2.29. The van der Waals surface area contributed by atoms with Crippen LogP contribution in [-0.4, -0.2) is 49.1 Å². The number of hydrogen-bond donors (Lipinski definition) is 1. The van der Waals surface area contributed by atoms with Crippen LogP contribution < -0.4 is 5.73 Å².